The van der Waals surface area contributed by atoms with E-state index in [0.717, 1.165) is 60.4 Å². The molecule has 6 nitrogen and oxygen atoms in total. The lowest BCUT2D eigenvalue weighted by atomic mass is 10.2. The summed E-state index contributed by atoms with van der Waals surface area (Å²) in [6.45, 7) is 8.59. The third-order valence-corrected chi connectivity index (χ3v) is 6.00. The Morgan fingerprint density at radius 3 is 2.60 bits per heavy atom. The lowest BCUT2D eigenvalue weighted by molar-refractivity contribution is -0.113. The number of benzene rings is 2. The molecule has 30 heavy (non-hydrogen) atoms. The van der Waals surface area contributed by atoms with Gasteiger partial charge in [0.25, 0.3) is 0 Å². The Kier molecular flexibility index (Phi) is 6.59. The Morgan fingerprint density at radius 2 is 1.87 bits per heavy atom. The fraction of sp³-hybridized carbons (Fsp3) is 0.391. The summed E-state index contributed by atoms with van der Waals surface area (Å²) in [4.78, 5) is 19.6. The molecule has 2 heterocycles. The van der Waals surface area contributed by atoms with Crippen LogP contribution in [0.5, 0.6) is 0 Å². The van der Waals surface area contributed by atoms with E-state index in [-0.39, 0.29) is 5.91 Å². The number of nitrogens with zero attached hydrogens (tertiary/aromatic N) is 3. The van der Waals surface area contributed by atoms with E-state index >= 15 is 0 Å². The molecular weight excluding hydrogens is 396 g/mol. The van der Waals surface area contributed by atoms with Crippen LogP contribution < -0.4 is 10.2 Å². The van der Waals surface area contributed by atoms with Crippen molar-refractivity contribution in [2.75, 3.05) is 42.3 Å². The first-order chi connectivity index (χ1) is 14.6. The van der Waals surface area contributed by atoms with E-state index in [1.807, 2.05) is 30.3 Å². The smallest absolute Gasteiger partial charge is 0.234 e. The number of carbonyl (C=O) groups is 1. The number of ether oxygens (including phenoxy) is 1. The van der Waals surface area contributed by atoms with Gasteiger partial charge >= 0.3 is 0 Å². The van der Waals surface area contributed by atoms with Crippen LogP contribution in [0.1, 0.15) is 13.8 Å². The Morgan fingerprint density at radius 1 is 1.13 bits per heavy atom. The van der Waals surface area contributed by atoms with Crippen LogP contribution in [0, 0.1) is 5.92 Å². The van der Waals surface area contributed by atoms with E-state index in [2.05, 4.69) is 46.8 Å². The Hall–Kier alpha value is -2.51. The minimum absolute atomic E-state index is 0.0257. The van der Waals surface area contributed by atoms with Gasteiger partial charge in [-0.3, -0.25) is 4.79 Å². The molecule has 1 amide bonds. The van der Waals surface area contributed by atoms with Crippen LogP contribution in [0.3, 0.4) is 0 Å². The fourth-order valence-electron chi connectivity index (χ4n) is 3.61. The quantitative estimate of drug-likeness (QED) is 0.574. The van der Waals surface area contributed by atoms with Crippen molar-refractivity contribution in [1.29, 1.82) is 0 Å². The fourth-order valence-corrected chi connectivity index (χ4v) is 4.43. The molecular formula is C23H28N4O2S. The SMILES string of the molecule is CC(C)Cn1c(SCC(=O)Nc2ccc(N3CCOCC3)cc2)nc2ccccc21. The number of amides is 1. The van der Waals surface area contributed by atoms with Gasteiger partial charge in [-0.1, -0.05) is 37.7 Å². The van der Waals surface area contributed by atoms with Gasteiger partial charge in [-0.2, -0.15) is 0 Å². The molecule has 3 aromatic rings. The van der Waals surface area contributed by atoms with Gasteiger partial charge in [-0.15, -0.1) is 0 Å². The number of carbonyl (C=O) groups excluding carboxylic acids is 1. The van der Waals surface area contributed by atoms with Gasteiger partial charge in [-0.05, 0) is 42.3 Å². The lowest BCUT2D eigenvalue weighted by Crippen LogP contribution is -2.36. The van der Waals surface area contributed by atoms with Crippen LogP contribution in [0.2, 0.25) is 0 Å². The molecule has 2 aromatic carbocycles. The standard InChI is InChI=1S/C23H28N4O2S/c1-17(2)15-27-21-6-4-3-5-20(21)25-23(27)30-16-22(28)24-18-7-9-19(10-8-18)26-11-13-29-14-12-26/h3-10,17H,11-16H2,1-2H3,(H,24,28). The molecule has 4 rings (SSSR count). The van der Waals surface area contributed by atoms with Gasteiger partial charge in [-0.25, -0.2) is 4.98 Å². The zero-order valence-corrected chi connectivity index (χ0v) is 18.3. The third kappa shape index (κ3) is 4.96. The largest absolute Gasteiger partial charge is 0.378 e. The Balaban J connectivity index is 1.38. The summed E-state index contributed by atoms with van der Waals surface area (Å²) in [5.41, 5.74) is 4.06. The predicted octanol–water partition coefficient (Wildman–Crippen LogP) is 4.26. The van der Waals surface area contributed by atoms with E-state index in [1.165, 1.54) is 11.8 Å². The van der Waals surface area contributed by atoms with Crippen molar-refractivity contribution >= 4 is 40.1 Å². The number of aromatic nitrogens is 2. The number of hydrogen-bond donors (Lipinski definition) is 1. The molecule has 158 valence electrons. The van der Waals surface area contributed by atoms with Crippen molar-refractivity contribution in [3.05, 3.63) is 48.5 Å². The molecule has 7 heteroatoms. The molecule has 0 radical (unpaired) electrons. The molecule has 1 N–H and O–H groups in total. The number of hydrogen-bond acceptors (Lipinski definition) is 5. The summed E-state index contributed by atoms with van der Waals surface area (Å²) in [5, 5.41) is 3.89. The highest BCUT2D eigenvalue weighted by atomic mass is 32.2. The van der Waals surface area contributed by atoms with Crippen molar-refractivity contribution in [2.24, 2.45) is 5.92 Å². The van der Waals surface area contributed by atoms with Crippen LogP contribution in [-0.4, -0.2) is 47.5 Å². The monoisotopic (exact) mass is 424 g/mol. The van der Waals surface area contributed by atoms with Gasteiger partial charge < -0.3 is 19.5 Å². The summed E-state index contributed by atoms with van der Waals surface area (Å²) in [6, 6.07) is 16.2. The number of rotatable bonds is 7. The second-order valence-corrected chi connectivity index (χ2v) is 8.81. The highest BCUT2D eigenvalue weighted by Crippen LogP contribution is 2.26. The van der Waals surface area contributed by atoms with Crippen molar-refractivity contribution in [1.82, 2.24) is 9.55 Å². The van der Waals surface area contributed by atoms with Crippen molar-refractivity contribution in [3.8, 4) is 0 Å². The zero-order chi connectivity index (χ0) is 20.9. The number of imidazole rings is 1. The second-order valence-electron chi connectivity index (χ2n) is 7.87. The first-order valence-corrected chi connectivity index (χ1v) is 11.4. The maximum absolute atomic E-state index is 12.5. The van der Waals surface area contributed by atoms with Crippen molar-refractivity contribution in [3.63, 3.8) is 0 Å². The third-order valence-electron chi connectivity index (χ3n) is 5.03. The summed E-state index contributed by atoms with van der Waals surface area (Å²) >= 11 is 1.49. The number of thioether (sulfide) groups is 1. The van der Waals surface area contributed by atoms with Crippen LogP contribution in [0.4, 0.5) is 11.4 Å². The van der Waals surface area contributed by atoms with Gasteiger partial charge in [0, 0.05) is 31.0 Å². The summed E-state index contributed by atoms with van der Waals surface area (Å²) in [5.74, 6) is 0.801. The lowest BCUT2D eigenvalue weighted by Gasteiger charge is -2.28. The molecule has 1 aromatic heterocycles. The minimum atomic E-state index is -0.0257. The molecule has 0 spiro atoms. The van der Waals surface area contributed by atoms with E-state index in [1.54, 1.807) is 0 Å². The number of fused-ring (bicyclic) bond motifs is 1. The average molecular weight is 425 g/mol. The summed E-state index contributed by atoms with van der Waals surface area (Å²) in [7, 11) is 0. The van der Waals surface area contributed by atoms with Gasteiger partial charge in [0.05, 0.1) is 30.0 Å². The van der Waals surface area contributed by atoms with Gasteiger partial charge in [0.1, 0.15) is 0 Å². The number of nitrogens with one attached hydrogen (secondary N) is 1. The highest BCUT2D eigenvalue weighted by molar-refractivity contribution is 7.99. The first kappa shape index (κ1) is 20.8. The minimum Gasteiger partial charge on any atom is -0.378 e. The highest BCUT2D eigenvalue weighted by Gasteiger charge is 2.15. The molecule has 0 saturated carbocycles. The molecule has 0 bridgehead atoms. The van der Waals surface area contributed by atoms with E-state index < -0.39 is 0 Å². The molecule has 1 saturated heterocycles. The van der Waals surface area contributed by atoms with E-state index in [0.29, 0.717) is 11.7 Å². The average Bonchev–Trinajstić information content (AvgIpc) is 3.10. The zero-order valence-electron chi connectivity index (χ0n) is 17.5. The topological polar surface area (TPSA) is 59.4 Å². The van der Waals surface area contributed by atoms with Crippen LogP contribution in [0.25, 0.3) is 11.0 Å². The predicted molar refractivity (Wildman–Crippen MR) is 123 cm³/mol. The maximum atomic E-state index is 12.5. The van der Waals surface area contributed by atoms with Crippen LogP contribution >= 0.6 is 11.8 Å². The Bertz CT molecular complexity index is 994. The molecule has 1 aliphatic rings. The van der Waals surface area contributed by atoms with Crippen molar-refractivity contribution < 1.29 is 9.53 Å². The van der Waals surface area contributed by atoms with Gasteiger partial charge in [0.15, 0.2) is 5.16 Å². The van der Waals surface area contributed by atoms with E-state index in [4.69, 9.17) is 9.72 Å². The van der Waals surface area contributed by atoms with Crippen LogP contribution in [-0.2, 0) is 16.1 Å². The Labute approximate surface area is 181 Å². The second kappa shape index (κ2) is 9.53. The molecule has 1 aliphatic heterocycles. The number of morpholine rings is 1. The molecule has 0 aliphatic carbocycles. The summed E-state index contributed by atoms with van der Waals surface area (Å²) < 4.78 is 7.62. The van der Waals surface area contributed by atoms with Crippen molar-refractivity contribution in [2.45, 2.75) is 25.5 Å². The molecule has 0 atom stereocenters. The maximum Gasteiger partial charge on any atom is 0.234 e. The molecule has 1 fully saturated rings. The molecule has 0 unspecified atom stereocenters. The van der Waals surface area contributed by atoms with Crippen LogP contribution in [0.15, 0.2) is 53.7 Å². The normalized spacial score (nSPS) is 14.4. The van der Waals surface area contributed by atoms with E-state index in [9.17, 15) is 4.79 Å². The number of anilines is 2. The first-order valence-electron chi connectivity index (χ1n) is 10.4. The van der Waals surface area contributed by atoms with Gasteiger partial charge in [0.2, 0.25) is 5.91 Å². The number of para-hydroxylation sites is 2. The summed E-state index contributed by atoms with van der Waals surface area (Å²) in [6.07, 6.45) is 0.